The SMILES string of the molecule is CC(C)CCc1ccccc1CN(C)C(C)C. The Kier molecular flexibility index (Phi) is 5.70. The summed E-state index contributed by atoms with van der Waals surface area (Å²) in [6.45, 7) is 10.1. The third kappa shape index (κ3) is 4.91. The second-order valence-electron chi connectivity index (χ2n) is 5.71. The van der Waals surface area contributed by atoms with Gasteiger partial charge in [0, 0.05) is 12.6 Å². The summed E-state index contributed by atoms with van der Waals surface area (Å²) in [7, 11) is 2.20. The van der Waals surface area contributed by atoms with Crippen LogP contribution in [0.25, 0.3) is 0 Å². The summed E-state index contributed by atoms with van der Waals surface area (Å²) in [6, 6.07) is 9.48. The van der Waals surface area contributed by atoms with E-state index in [1.54, 1.807) is 0 Å². The molecule has 0 aliphatic heterocycles. The van der Waals surface area contributed by atoms with Crippen LogP contribution in [0.5, 0.6) is 0 Å². The molecule has 96 valence electrons. The van der Waals surface area contributed by atoms with Gasteiger partial charge in [-0.25, -0.2) is 0 Å². The van der Waals surface area contributed by atoms with Gasteiger partial charge in [-0.15, -0.1) is 0 Å². The summed E-state index contributed by atoms with van der Waals surface area (Å²) in [5, 5.41) is 0. The third-order valence-electron chi connectivity index (χ3n) is 3.41. The highest BCUT2D eigenvalue weighted by molar-refractivity contribution is 5.27. The van der Waals surface area contributed by atoms with Crippen LogP contribution in [0, 0.1) is 5.92 Å². The molecule has 0 atom stereocenters. The van der Waals surface area contributed by atoms with E-state index in [9.17, 15) is 0 Å². The smallest absolute Gasteiger partial charge is 0.0236 e. The van der Waals surface area contributed by atoms with Gasteiger partial charge in [0.2, 0.25) is 0 Å². The first-order chi connectivity index (χ1) is 8.00. The molecule has 1 nitrogen and oxygen atoms in total. The summed E-state index contributed by atoms with van der Waals surface area (Å²) in [5.41, 5.74) is 3.01. The zero-order chi connectivity index (χ0) is 12.8. The lowest BCUT2D eigenvalue weighted by Crippen LogP contribution is -2.26. The van der Waals surface area contributed by atoms with Gasteiger partial charge in [-0.1, -0.05) is 38.1 Å². The lowest BCUT2D eigenvalue weighted by Gasteiger charge is -2.22. The van der Waals surface area contributed by atoms with Crippen LogP contribution in [0.2, 0.25) is 0 Å². The molecule has 0 N–H and O–H groups in total. The van der Waals surface area contributed by atoms with Crippen molar-refractivity contribution < 1.29 is 0 Å². The van der Waals surface area contributed by atoms with Crippen molar-refractivity contribution >= 4 is 0 Å². The third-order valence-corrected chi connectivity index (χ3v) is 3.41. The molecule has 0 radical (unpaired) electrons. The second kappa shape index (κ2) is 6.80. The first-order valence-corrected chi connectivity index (χ1v) is 6.77. The number of hydrogen-bond acceptors (Lipinski definition) is 1. The molecule has 17 heavy (non-hydrogen) atoms. The molecule has 0 saturated heterocycles. The Hall–Kier alpha value is -0.820. The van der Waals surface area contributed by atoms with Gasteiger partial charge in [0.1, 0.15) is 0 Å². The van der Waals surface area contributed by atoms with Crippen LogP contribution in [-0.2, 0) is 13.0 Å². The molecule has 1 aromatic carbocycles. The molecular formula is C16H27N. The van der Waals surface area contributed by atoms with Gasteiger partial charge in [0.15, 0.2) is 0 Å². The molecule has 0 bridgehead atoms. The highest BCUT2D eigenvalue weighted by atomic mass is 15.1. The van der Waals surface area contributed by atoms with Crippen molar-refractivity contribution in [3.8, 4) is 0 Å². The molecule has 0 aromatic heterocycles. The van der Waals surface area contributed by atoms with Gasteiger partial charge < -0.3 is 0 Å². The minimum absolute atomic E-state index is 0.605. The number of hydrogen-bond donors (Lipinski definition) is 0. The molecule has 0 aliphatic carbocycles. The fourth-order valence-corrected chi connectivity index (χ4v) is 1.85. The topological polar surface area (TPSA) is 3.24 Å². The van der Waals surface area contributed by atoms with Gasteiger partial charge in [-0.05, 0) is 50.8 Å². The number of aryl methyl sites for hydroxylation is 1. The Balaban J connectivity index is 2.70. The first-order valence-electron chi connectivity index (χ1n) is 6.77. The van der Waals surface area contributed by atoms with E-state index < -0.39 is 0 Å². The predicted molar refractivity (Wildman–Crippen MR) is 76.2 cm³/mol. The van der Waals surface area contributed by atoms with Gasteiger partial charge in [0.25, 0.3) is 0 Å². The van der Waals surface area contributed by atoms with Gasteiger partial charge in [0.05, 0.1) is 0 Å². The molecular weight excluding hydrogens is 206 g/mol. The fourth-order valence-electron chi connectivity index (χ4n) is 1.85. The minimum Gasteiger partial charge on any atom is -0.300 e. The van der Waals surface area contributed by atoms with Crippen LogP contribution >= 0.6 is 0 Å². The summed E-state index contributed by atoms with van der Waals surface area (Å²) in [6.07, 6.45) is 2.49. The highest BCUT2D eigenvalue weighted by Gasteiger charge is 2.08. The van der Waals surface area contributed by atoms with Gasteiger partial charge in [-0.3, -0.25) is 4.90 Å². The summed E-state index contributed by atoms with van der Waals surface area (Å²) in [5.74, 6) is 0.783. The number of benzene rings is 1. The average Bonchev–Trinajstić information content (AvgIpc) is 2.27. The van der Waals surface area contributed by atoms with Crippen LogP contribution in [0.15, 0.2) is 24.3 Å². The summed E-state index contributed by atoms with van der Waals surface area (Å²) < 4.78 is 0. The largest absolute Gasteiger partial charge is 0.300 e. The molecule has 0 unspecified atom stereocenters. The van der Waals surface area contributed by atoms with E-state index in [4.69, 9.17) is 0 Å². The van der Waals surface area contributed by atoms with E-state index in [1.807, 2.05) is 0 Å². The Bertz CT molecular complexity index is 328. The monoisotopic (exact) mass is 233 g/mol. The first kappa shape index (κ1) is 14.2. The van der Waals surface area contributed by atoms with Crippen molar-refractivity contribution in [3.05, 3.63) is 35.4 Å². The maximum Gasteiger partial charge on any atom is 0.0236 e. The molecule has 0 aliphatic rings. The van der Waals surface area contributed by atoms with Crippen LogP contribution in [-0.4, -0.2) is 18.0 Å². The summed E-state index contributed by atoms with van der Waals surface area (Å²) >= 11 is 0. The molecule has 0 heterocycles. The normalized spacial score (nSPS) is 11.8. The predicted octanol–water partition coefficient (Wildman–Crippen LogP) is 4.12. The minimum atomic E-state index is 0.605. The molecule has 0 fully saturated rings. The average molecular weight is 233 g/mol. The lowest BCUT2D eigenvalue weighted by molar-refractivity contribution is 0.265. The van der Waals surface area contributed by atoms with Crippen LogP contribution < -0.4 is 0 Å². The molecule has 0 amide bonds. The number of nitrogens with zero attached hydrogens (tertiary/aromatic N) is 1. The Morgan fingerprint density at radius 2 is 1.59 bits per heavy atom. The molecule has 1 heteroatoms. The van der Waals surface area contributed by atoms with Crippen molar-refractivity contribution in [2.24, 2.45) is 5.92 Å². The van der Waals surface area contributed by atoms with Crippen molar-refractivity contribution in [1.82, 2.24) is 4.90 Å². The number of rotatable bonds is 6. The van der Waals surface area contributed by atoms with Crippen LogP contribution in [0.3, 0.4) is 0 Å². The van der Waals surface area contributed by atoms with E-state index >= 15 is 0 Å². The second-order valence-corrected chi connectivity index (χ2v) is 5.71. The zero-order valence-corrected chi connectivity index (χ0v) is 12.0. The van der Waals surface area contributed by atoms with E-state index in [1.165, 1.54) is 24.0 Å². The molecule has 1 aromatic rings. The van der Waals surface area contributed by atoms with Gasteiger partial charge >= 0.3 is 0 Å². The molecule has 0 spiro atoms. The zero-order valence-electron chi connectivity index (χ0n) is 12.0. The fraction of sp³-hybridized carbons (Fsp3) is 0.625. The van der Waals surface area contributed by atoms with E-state index in [2.05, 4.69) is 63.9 Å². The highest BCUT2D eigenvalue weighted by Crippen LogP contribution is 2.16. The van der Waals surface area contributed by atoms with Gasteiger partial charge in [-0.2, -0.15) is 0 Å². The Labute approximate surface area is 107 Å². The molecule has 0 saturated carbocycles. The maximum absolute atomic E-state index is 2.40. The Morgan fingerprint density at radius 3 is 2.12 bits per heavy atom. The standard InChI is InChI=1S/C16H27N/c1-13(2)10-11-15-8-6-7-9-16(15)12-17(5)14(3)4/h6-9,13-14H,10-12H2,1-5H3. The van der Waals surface area contributed by atoms with Crippen molar-refractivity contribution in [3.63, 3.8) is 0 Å². The van der Waals surface area contributed by atoms with Crippen molar-refractivity contribution in [2.75, 3.05) is 7.05 Å². The van der Waals surface area contributed by atoms with E-state index in [0.717, 1.165) is 12.5 Å². The van der Waals surface area contributed by atoms with Crippen molar-refractivity contribution in [2.45, 2.75) is 53.1 Å². The van der Waals surface area contributed by atoms with E-state index in [0.29, 0.717) is 6.04 Å². The van der Waals surface area contributed by atoms with Crippen LogP contribution in [0.4, 0.5) is 0 Å². The lowest BCUT2D eigenvalue weighted by atomic mass is 9.98. The maximum atomic E-state index is 2.40. The quantitative estimate of drug-likeness (QED) is 0.714. The van der Waals surface area contributed by atoms with Crippen molar-refractivity contribution in [1.29, 1.82) is 0 Å². The summed E-state index contributed by atoms with van der Waals surface area (Å²) in [4.78, 5) is 2.40. The Morgan fingerprint density at radius 1 is 1.00 bits per heavy atom. The molecule has 1 rings (SSSR count). The van der Waals surface area contributed by atoms with E-state index in [-0.39, 0.29) is 0 Å². The van der Waals surface area contributed by atoms with Crippen LogP contribution in [0.1, 0.15) is 45.2 Å².